The van der Waals surface area contributed by atoms with E-state index in [0.717, 1.165) is 25.9 Å². The van der Waals surface area contributed by atoms with Gasteiger partial charge in [0.25, 0.3) is 0 Å². The molecule has 0 bridgehead atoms. The molecular weight excluding hydrogens is 296 g/mol. The monoisotopic (exact) mass is 318 g/mol. The summed E-state index contributed by atoms with van der Waals surface area (Å²) in [6, 6.07) is 2.48. The van der Waals surface area contributed by atoms with Crippen molar-refractivity contribution < 1.29 is 4.79 Å². The molecule has 2 aromatic heterocycles. The number of hydrogen-bond acceptors (Lipinski definition) is 3. The molecule has 5 nitrogen and oxygen atoms in total. The van der Waals surface area contributed by atoms with Crippen molar-refractivity contribution >= 4 is 17.4 Å². The SMILES string of the molecule is CC[C@@H]1c2ccsc2CCN1C(=O)N[C@@H](C)Cn1ccnc1. The highest BCUT2D eigenvalue weighted by Gasteiger charge is 2.30. The first-order valence-electron chi connectivity index (χ1n) is 7.78. The molecule has 0 saturated carbocycles. The second-order valence-electron chi connectivity index (χ2n) is 5.78. The molecule has 1 N–H and O–H groups in total. The van der Waals surface area contributed by atoms with Crippen molar-refractivity contribution in [2.24, 2.45) is 0 Å². The van der Waals surface area contributed by atoms with Crippen molar-refractivity contribution in [1.29, 1.82) is 0 Å². The molecular formula is C16H22N4OS. The first kappa shape index (κ1) is 15.1. The summed E-state index contributed by atoms with van der Waals surface area (Å²) in [7, 11) is 0. The molecule has 6 heteroatoms. The van der Waals surface area contributed by atoms with Crippen LogP contribution in [0.5, 0.6) is 0 Å². The number of hydrogen-bond donors (Lipinski definition) is 1. The Hall–Kier alpha value is -1.82. The number of rotatable bonds is 4. The number of nitrogens with one attached hydrogen (secondary N) is 1. The Kier molecular flexibility index (Phi) is 4.47. The van der Waals surface area contributed by atoms with Crippen LogP contribution in [-0.4, -0.2) is 33.1 Å². The smallest absolute Gasteiger partial charge is 0.318 e. The summed E-state index contributed by atoms with van der Waals surface area (Å²) in [4.78, 5) is 20.1. The van der Waals surface area contributed by atoms with Crippen LogP contribution in [0.2, 0.25) is 0 Å². The maximum atomic E-state index is 12.6. The summed E-state index contributed by atoms with van der Waals surface area (Å²) >= 11 is 1.81. The second kappa shape index (κ2) is 6.52. The lowest BCUT2D eigenvalue weighted by molar-refractivity contribution is 0.164. The number of imidazole rings is 1. The van der Waals surface area contributed by atoms with E-state index >= 15 is 0 Å². The number of amides is 2. The van der Waals surface area contributed by atoms with Crippen molar-refractivity contribution in [2.45, 2.75) is 45.3 Å². The highest BCUT2D eigenvalue weighted by atomic mass is 32.1. The van der Waals surface area contributed by atoms with Gasteiger partial charge < -0.3 is 14.8 Å². The summed E-state index contributed by atoms with van der Waals surface area (Å²) in [5, 5.41) is 5.25. The Morgan fingerprint density at radius 3 is 3.18 bits per heavy atom. The van der Waals surface area contributed by atoms with Crippen LogP contribution < -0.4 is 5.32 Å². The lowest BCUT2D eigenvalue weighted by Crippen LogP contribution is -2.48. The number of thiophene rings is 1. The second-order valence-corrected chi connectivity index (χ2v) is 6.78. The lowest BCUT2D eigenvalue weighted by Gasteiger charge is -2.36. The minimum atomic E-state index is 0.0383. The van der Waals surface area contributed by atoms with Crippen molar-refractivity contribution in [3.63, 3.8) is 0 Å². The molecule has 1 aliphatic heterocycles. The minimum absolute atomic E-state index is 0.0383. The molecule has 1 aliphatic rings. The standard InChI is InChI=1S/C16H22N4OS/c1-3-14-13-5-9-22-15(13)4-7-20(14)16(21)18-12(2)10-19-8-6-17-11-19/h5-6,8-9,11-12,14H,3-4,7,10H2,1-2H3,(H,18,21)/t12-,14+/m0/s1. The number of aromatic nitrogens is 2. The van der Waals surface area contributed by atoms with Gasteiger partial charge in [-0.25, -0.2) is 9.78 Å². The molecule has 3 heterocycles. The maximum Gasteiger partial charge on any atom is 0.318 e. The van der Waals surface area contributed by atoms with E-state index in [1.165, 1.54) is 10.4 Å². The third-order valence-electron chi connectivity index (χ3n) is 4.16. The fourth-order valence-corrected chi connectivity index (χ4v) is 4.06. The van der Waals surface area contributed by atoms with Crippen LogP contribution in [0.4, 0.5) is 4.79 Å². The zero-order chi connectivity index (χ0) is 15.5. The van der Waals surface area contributed by atoms with Gasteiger partial charge in [0, 0.05) is 36.4 Å². The fourth-order valence-electron chi connectivity index (χ4n) is 3.13. The van der Waals surface area contributed by atoms with Gasteiger partial charge in [-0.15, -0.1) is 11.3 Å². The van der Waals surface area contributed by atoms with Gasteiger partial charge in [0.05, 0.1) is 12.4 Å². The fraction of sp³-hybridized carbons (Fsp3) is 0.500. The molecule has 2 aromatic rings. The zero-order valence-electron chi connectivity index (χ0n) is 13.0. The van der Waals surface area contributed by atoms with Crippen molar-refractivity contribution in [3.05, 3.63) is 40.6 Å². The predicted octanol–water partition coefficient (Wildman–Crippen LogP) is 3.05. The highest BCUT2D eigenvalue weighted by molar-refractivity contribution is 7.10. The van der Waals surface area contributed by atoms with Crippen LogP contribution in [0, 0.1) is 0 Å². The molecule has 0 unspecified atom stereocenters. The Balaban J connectivity index is 1.64. The van der Waals surface area contributed by atoms with Crippen LogP contribution in [0.25, 0.3) is 0 Å². The summed E-state index contributed by atoms with van der Waals surface area (Å²) < 4.78 is 1.98. The van der Waals surface area contributed by atoms with Gasteiger partial charge in [-0.1, -0.05) is 6.92 Å². The summed E-state index contributed by atoms with van der Waals surface area (Å²) in [6.45, 7) is 5.71. The van der Waals surface area contributed by atoms with Gasteiger partial charge in [0.1, 0.15) is 0 Å². The van der Waals surface area contributed by atoms with E-state index in [2.05, 4.69) is 28.7 Å². The first-order valence-corrected chi connectivity index (χ1v) is 8.66. The number of carbonyl (C=O) groups is 1. The molecule has 0 aliphatic carbocycles. The molecule has 0 spiro atoms. The third kappa shape index (κ3) is 3.02. The Morgan fingerprint density at radius 1 is 1.59 bits per heavy atom. The summed E-state index contributed by atoms with van der Waals surface area (Å²) in [6.07, 6.45) is 7.36. The van der Waals surface area contributed by atoms with Gasteiger partial charge in [0.2, 0.25) is 0 Å². The van der Waals surface area contributed by atoms with Crippen LogP contribution in [0.1, 0.15) is 36.8 Å². The van der Waals surface area contributed by atoms with Crippen LogP contribution in [-0.2, 0) is 13.0 Å². The van der Waals surface area contributed by atoms with Crippen molar-refractivity contribution in [2.75, 3.05) is 6.54 Å². The molecule has 0 fully saturated rings. The molecule has 2 amide bonds. The van der Waals surface area contributed by atoms with E-state index in [9.17, 15) is 4.79 Å². The molecule has 0 aromatic carbocycles. The maximum absolute atomic E-state index is 12.6. The lowest BCUT2D eigenvalue weighted by atomic mass is 9.98. The predicted molar refractivity (Wildman–Crippen MR) is 88.0 cm³/mol. The summed E-state index contributed by atoms with van der Waals surface area (Å²) in [5.74, 6) is 0. The number of urea groups is 1. The number of nitrogens with zero attached hydrogens (tertiary/aromatic N) is 3. The van der Waals surface area contributed by atoms with Crippen molar-refractivity contribution in [3.8, 4) is 0 Å². The molecule has 2 atom stereocenters. The Labute approximate surface area is 135 Å². The van der Waals surface area contributed by atoms with Gasteiger partial charge in [-0.2, -0.15) is 0 Å². The quantitative estimate of drug-likeness (QED) is 0.942. The molecule has 3 rings (SSSR count). The van der Waals surface area contributed by atoms with E-state index in [4.69, 9.17) is 0 Å². The van der Waals surface area contributed by atoms with E-state index in [-0.39, 0.29) is 18.1 Å². The average molecular weight is 318 g/mol. The average Bonchev–Trinajstić information content (AvgIpc) is 3.16. The van der Waals surface area contributed by atoms with Crippen LogP contribution in [0.15, 0.2) is 30.2 Å². The first-order chi connectivity index (χ1) is 10.7. The highest BCUT2D eigenvalue weighted by Crippen LogP contribution is 2.35. The van der Waals surface area contributed by atoms with Gasteiger partial charge in [-0.05, 0) is 36.8 Å². The third-order valence-corrected chi connectivity index (χ3v) is 5.15. The van der Waals surface area contributed by atoms with Crippen LogP contribution in [0.3, 0.4) is 0 Å². The van der Waals surface area contributed by atoms with E-state index in [0.29, 0.717) is 0 Å². The van der Waals surface area contributed by atoms with Gasteiger partial charge >= 0.3 is 6.03 Å². The zero-order valence-corrected chi connectivity index (χ0v) is 13.8. The topological polar surface area (TPSA) is 50.2 Å². The van der Waals surface area contributed by atoms with Gasteiger partial charge in [-0.3, -0.25) is 0 Å². The van der Waals surface area contributed by atoms with E-state index in [1.54, 1.807) is 23.9 Å². The largest absolute Gasteiger partial charge is 0.335 e. The van der Waals surface area contributed by atoms with E-state index in [1.807, 2.05) is 22.6 Å². The molecule has 0 radical (unpaired) electrons. The van der Waals surface area contributed by atoms with Crippen LogP contribution >= 0.6 is 11.3 Å². The summed E-state index contributed by atoms with van der Waals surface area (Å²) in [5.41, 5.74) is 1.33. The van der Waals surface area contributed by atoms with Crippen molar-refractivity contribution in [1.82, 2.24) is 19.8 Å². The number of fused-ring (bicyclic) bond motifs is 1. The Bertz CT molecular complexity index is 622. The Morgan fingerprint density at radius 2 is 2.45 bits per heavy atom. The normalized spacial score (nSPS) is 18.8. The van der Waals surface area contributed by atoms with E-state index < -0.39 is 0 Å². The molecule has 22 heavy (non-hydrogen) atoms. The molecule has 118 valence electrons. The number of carbonyl (C=O) groups excluding carboxylic acids is 1. The van der Waals surface area contributed by atoms with Gasteiger partial charge in [0.15, 0.2) is 0 Å². The molecule has 0 saturated heterocycles. The minimum Gasteiger partial charge on any atom is -0.335 e.